The SMILES string of the molecule is Cc1nc(C)n(CCCNC(=O)N2CCOCC(CN(C)C)C2)n1. The van der Waals surface area contributed by atoms with Gasteiger partial charge in [-0.3, -0.25) is 4.68 Å². The molecule has 2 heterocycles. The van der Waals surface area contributed by atoms with Crippen molar-refractivity contribution in [2.75, 3.05) is 53.5 Å². The molecule has 1 aliphatic rings. The Morgan fingerprint density at radius 2 is 2.21 bits per heavy atom. The Morgan fingerprint density at radius 3 is 2.88 bits per heavy atom. The second-order valence-corrected chi connectivity index (χ2v) is 6.66. The first-order valence-electron chi connectivity index (χ1n) is 8.59. The van der Waals surface area contributed by atoms with Crippen molar-refractivity contribution in [1.29, 1.82) is 0 Å². The molecule has 8 nitrogen and oxygen atoms in total. The van der Waals surface area contributed by atoms with Crippen LogP contribution < -0.4 is 5.32 Å². The monoisotopic (exact) mass is 338 g/mol. The summed E-state index contributed by atoms with van der Waals surface area (Å²) >= 11 is 0. The highest BCUT2D eigenvalue weighted by molar-refractivity contribution is 5.74. The molecule has 0 aromatic carbocycles. The van der Waals surface area contributed by atoms with E-state index in [-0.39, 0.29) is 6.03 Å². The van der Waals surface area contributed by atoms with Gasteiger partial charge in [0.25, 0.3) is 0 Å². The molecular formula is C16H30N6O2. The number of rotatable bonds is 6. The van der Waals surface area contributed by atoms with Gasteiger partial charge in [-0.15, -0.1) is 0 Å². The lowest BCUT2D eigenvalue weighted by Gasteiger charge is -2.25. The largest absolute Gasteiger partial charge is 0.379 e. The van der Waals surface area contributed by atoms with Crippen LogP contribution in [0.3, 0.4) is 0 Å². The molecule has 0 aliphatic carbocycles. The van der Waals surface area contributed by atoms with Crippen LogP contribution in [0.1, 0.15) is 18.1 Å². The van der Waals surface area contributed by atoms with Gasteiger partial charge in [0.15, 0.2) is 0 Å². The zero-order valence-electron chi connectivity index (χ0n) is 15.3. The predicted octanol–water partition coefficient (Wildman–Crippen LogP) is 0.505. The second kappa shape index (κ2) is 8.98. The van der Waals surface area contributed by atoms with Crippen LogP contribution in [0, 0.1) is 19.8 Å². The summed E-state index contributed by atoms with van der Waals surface area (Å²) in [5.74, 6) is 2.05. The minimum absolute atomic E-state index is 0.00394. The van der Waals surface area contributed by atoms with Gasteiger partial charge in [0, 0.05) is 38.6 Å². The molecule has 1 unspecified atom stereocenters. The number of hydrogen-bond acceptors (Lipinski definition) is 5. The highest BCUT2D eigenvalue weighted by Crippen LogP contribution is 2.08. The molecule has 0 spiro atoms. The first kappa shape index (κ1) is 18.7. The summed E-state index contributed by atoms with van der Waals surface area (Å²) in [5, 5.41) is 7.33. The van der Waals surface area contributed by atoms with Gasteiger partial charge in [-0.05, 0) is 34.4 Å². The van der Waals surface area contributed by atoms with Crippen molar-refractivity contribution in [3.63, 3.8) is 0 Å². The van der Waals surface area contributed by atoms with Gasteiger partial charge < -0.3 is 19.9 Å². The quantitative estimate of drug-likeness (QED) is 0.765. The fourth-order valence-electron chi connectivity index (χ4n) is 3.00. The molecule has 0 bridgehead atoms. The van der Waals surface area contributed by atoms with E-state index in [0.29, 0.717) is 32.2 Å². The Balaban J connectivity index is 1.73. The molecule has 24 heavy (non-hydrogen) atoms. The normalized spacial score (nSPS) is 18.7. The number of amides is 2. The van der Waals surface area contributed by atoms with E-state index in [1.54, 1.807) is 0 Å². The lowest BCUT2D eigenvalue weighted by atomic mass is 10.1. The number of carbonyl (C=O) groups is 1. The van der Waals surface area contributed by atoms with Gasteiger partial charge in [-0.2, -0.15) is 5.10 Å². The molecular weight excluding hydrogens is 308 g/mol. The second-order valence-electron chi connectivity index (χ2n) is 6.66. The van der Waals surface area contributed by atoms with E-state index in [0.717, 1.165) is 37.7 Å². The number of nitrogens with zero attached hydrogens (tertiary/aromatic N) is 5. The molecule has 0 saturated carbocycles. The molecule has 1 aromatic heterocycles. The predicted molar refractivity (Wildman–Crippen MR) is 91.9 cm³/mol. The van der Waals surface area contributed by atoms with Crippen molar-refractivity contribution in [3.8, 4) is 0 Å². The third kappa shape index (κ3) is 5.76. The molecule has 0 radical (unpaired) electrons. The number of hydrogen-bond donors (Lipinski definition) is 1. The van der Waals surface area contributed by atoms with Crippen LogP contribution in [0.5, 0.6) is 0 Å². The molecule has 1 aromatic rings. The van der Waals surface area contributed by atoms with Crippen molar-refractivity contribution in [2.24, 2.45) is 5.92 Å². The molecule has 2 rings (SSSR count). The third-order valence-corrected chi connectivity index (χ3v) is 4.03. The minimum atomic E-state index is -0.00394. The summed E-state index contributed by atoms with van der Waals surface area (Å²) in [4.78, 5) is 20.7. The van der Waals surface area contributed by atoms with E-state index >= 15 is 0 Å². The lowest BCUT2D eigenvalue weighted by Crippen LogP contribution is -2.44. The van der Waals surface area contributed by atoms with Crippen LogP contribution in [0.4, 0.5) is 4.79 Å². The van der Waals surface area contributed by atoms with E-state index in [2.05, 4.69) is 20.3 Å². The van der Waals surface area contributed by atoms with E-state index < -0.39 is 0 Å². The minimum Gasteiger partial charge on any atom is -0.379 e. The lowest BCUT2D eigenvalue weighted by molar-refractivity contribution is 0.112. The molecule has 2 amide bonds. The summed E-state index contributed by atoms with van der Waals surface area (Å²) < 4.78 is 7.50. The topological polar surface area (TPSA) is 75.5 Å². The fourth-order valence-corrected chi connectivity index (χ4v) is 3.00. The Bertz CT molecular complexity index is 531. The first-order valence-corrected chi connectivity index (χ1v) is 8.59. The van der Waals surface area contributed by atoms with Crippen LogP contribution in [0.25, 0.3) is 0 Å². The third-order valence-electron chi connectivity index (χ3n) is 4.03. The maximum absolute atomic E-state index is 12.4. The van der Waals surface area contributed by atoms with Crippen LogP contribution in [-0.4, -0.2) is 84.1 Å². The summed E-state index contributed by atoms with van der Waals surface area (Å²) in [6.07, 6.45) is 0.834. The molecule has 1 fully saturated rings. The number of urea groups is 1. The smallest absolute Gasteiger partial charge is 0.317 e. The first-order chi connectivity index (χ1) is 11.5. The van der Waals surface area contributed by atoms with Crippen LogP contribution in [0.2, 0.25) is 0 Å². The summed E-state index contributed by atoms with van der Waals surface area (Å²) in [6, 6.07) is -0.00394. The Hall–Kier alpha value is -1.67. The van der Waals surface area contributed by atoms with Crippen LogP contribution in [-0.2, 0) is 11.3 Å². The Kier molecular flexibility index (Phi) is 6.99. The molecule has 136 valence electrons. The van der Waals surface area contributed by atoms with Gasteiger partial charge in [-0.1, -0.05) is 0 Å². The average molecular weight is 338 g/mol. The van der Waals surface area contributed by atoms with E-state index in [4.69, 9.17) is 4.74 Å². The maximum atomic E-state index is 12.4. The van der Waals surface area contributed by atoms with Crippen molar-refractivity contribution in [3.05, 3.63) is 11.6 Å². The van der Waals surface area contributed by atoms with Crippen molar-refractivity contribution in [1.82, 2.24) is 29.9 Å². The Morgan fingerprint density at radius 1 is 1.42 bits per heavy atom. The number of aromatic nitrogens is 3. The molecule has 8 heteroatoms. The number of ether oxygens (including phenoxy) is 1. The highest BCUT2D eigenvalue weighted by atomic mass is 16.5. The highest BCUT2D eigenvalue weighted by Gasteiger charge is 2.22. The van der Waals surface area contributed by atoms with E-state index in [1.807, 2.05) is 37.5 Å². The van der Waals surface area contributed by atoms with Gasteiger partial charge in [-0.25, -0.2) is 9.78 Å². The van der Waals surface area contributed by atoms with Crippen molar-refractivity contribution in [2.45, 2.75) is 26.8 Å². The standard InChI is InChI=1S/C16H30N6O2/c1-13-18-14(2)22(19-13)7-5-6-17-16(23)21-8-9-24-12-15(11-21)10-20(3)4/h15H,5-12H2,1-4H3,(H,17,23). The van der Waals surface area contributed by atoms with Gasteiger partial charge in [0.2, 0.25) is 0 Å². The molecule has 1 aliphatic heterocycles. The summed E-state index contributed by atoms with van der Waals surface area (Å²) in [7, 11) is 4.09. The van der Waals surface area contributed by atoms with Gasteiger partial charge >= 0.3 is 6.03 Å². The van der Waals surface area contributed by atoms with E-state index in [1.165, 1.54) is 0 Å². The maximum Gasteiger partial charge on any atom is 0.317 e. The van der Waals surface area contributed by atoms with Gasteiger partial charge in [0.05, 0.1) is 13.2 Å². The van der Waals surface area contributed by atoms with Gasteiger partial charge in [0.1, 0.15) is 11.6 Å². The Labute approximate surface area is 144 Å². The fraction of sp³-hybridized carbons (Fsp3) is 0.812. The summed E-state index contributed by atoms with van der Waals surface area (Å²) in [6.45, 7) is 8.86. The zero-order chi connectivity index (χ0) is 17.5. The van der Waals surface area contributed by atoms with Crippen molar-refractivity contribution >= 4 is 6.03 Å². The average Bonchev–Trinajstić information content (AvgIpc) is 2.71. The van der Waals surface area contributed by atoms with E-state index in [9.17, 15) is 4.79 Å². The number of aryl methyl sites for hydroxylation is 3. The van der Waals surface area contributed by atoms with Crippen LogP contribution in [0.15, 0.2) is 0 Å². The molecule has 1 saturated heterocycles. The van der Waals surface area contributed by atoms with Crippen molar-refractivity contribution < 1.29 is 9.53 Å². The number of nitrogens with one attached hydrogen (secondary N) is 1. The molecule has 1 atom stereocenters. The van der Waals surface area contributed by atoms with Crippen LogP contribution >= 0.6 is 0 Å². The zero-order valence-corrected chi connectivity index (χ0v) is 15.3. The molecule has 1 N–H and O–H groups in total. The number of carbonyl (C=O) groups excluding carboxylic acids is 1. The summed E-state index contributed by atoms with van der Waals surface area (Å²) in [5.41, 5.74) is 0.